The molecule has 1 spiro atoms. The van der Waals surface area contributed by atoms with Crippen LogP contribution in [0.15, 0.2) is 42.5 Å². The van der Waals surface area contributed by atoms with Crippen LogP contribution < -0.4 is 10.6 Å². The molecule has 2 saturated heterocycles. The molecule has 5 rings (SSSR count). The van der Waals surface area contributed by atoms with Crippen LogP contribution in [0.5, 0.6) is 0 Å². The minimum Gasteiger partial charge on any atom is -0.324 e. The number of fused-ring (bicyclic) bond motifs is 4. The van der Waals surface area contributed by atoms with Gasteiger partial charge in [-0.15, -0.1) is 0 Å². The second-order valence-corrected chi connectivity index (χ2v) is 9.13. The molecule has 31 heavy (non-hydrogen) atoms. The summed E-state index contributed by atoms with van der Waals surface area (Å²) < 4.78 is 14.2. The Bertz CT molecular complexity index is 1140. The molecule has 4 atom stereocenters. The summed E-state index contributed by atoms with van der Waals surface area (Å²) >= 11 is 6.26. The molecule has 0 aromatic heterocycles. The van der Waals surface area contributed by atoms with Crippen molar-refractivity contribution < 1.29 is 18.8 Å². The molecule has 8 heteroatoms. The second-order valence-electron chi connectivity index (χ2n) is 8.72. The summed E-state index contributed by atoms with van der Waals surface area (Å²) in [5, 5.41) is 6.51. The zero-order valence-corrected chi connectivity index (χ0v) is 17.7. The van der Waals surface area contributed by atoms with E-state index < -0.39 is 41.0 Å². The van der Waals surface area contributed by atoms with Crippen molar-refractivity contribution in [3.8, 4) is 0 Å². The van der Waals surface area contributed by atoms with E-state index in [2.05, 4.69) is 10.6 Å². The number of hydrogen-bond donors (Lipinski definition) is 2. The number of carbonyl (C=O) groups excluding carboxylic acids is 3. The molecule has 0 aliphatic carbocycles. The summed E-state index contributed by atoms with van der Waals surface area (Å²) in [4.78, 5) is 41.5. The molecule has 0 bridgehead atoms. The maximum absolute atomic E-state index is 14.2. The predicted molar refractivity (Wildman–Crippen MR) is 112 cm³/mol. The number of likely N-dealkylation sites (tertiary alicyclic amines) is 1. The van der Waals surface area contributed by atoms with Crippen LogP contribution in [-0.2, 0) is 26.5 Å². The van der Waals surface area contributed by atoms with Gasteiger partial charge in [0.15, 0.2) is 0 Å². The smallest absolute Gasteiger partial charge is 0.250 e. The number of nitrogens with zero attached hydrogens (tertiary/aromatic N) is 1. The summed E-state index contributed by atoms with van der Waals surface area (Å²) in [6.07, 6.45) is 0. The van der Waals surface area contributed by atoms with Gasteiger partial charge >= 0.3 is 0 Å². The predicted octanol–water partition coefficient (Wildman–Crippen LogP) is 3.06. The standard InChI is InChI=1S/C23H21ClFN3O3/c1-11(2)19-17-18(21(30)28(20(17)29)10-12-5-3-4-6-15(12)24)23(27-19)14-9-13(25)7-8-16(14)26-22(23)31/h3-9,11,17-19,27H,10H2,1-2H3,(H,26,31)/t17-,18-,19+,23+/m0/s1. The molecule has 0 saturated carbocycles. The Hall–Kier alpha value is -2.77. The van der Waals surface area contributed by atoms with E-state index >= 15 is 0 Å². The van der Waals surface area contributed by atoms with Crippen LogP contribution in [0.2, 0.25) is 5.02 Å². The first-order chi connectivity index (χ1) is 14.8. The Morgan fingerprint density at radius 2 is 1.87 bits per heavy atom. The minimum atomic E-state index is -1.49. The highest BCUT2D eigenvalue weighted by Crippen LogP contribution is 2.54. The van der Waals surface area contributed by atoms with Crippen LogP contribution in [0.4, 0.5) is 10.1 Å². The molecule has 6 nitrogen and oxygen atoms in total. The SMILES string of the molecule is CC(C)[C@H]1N[C@@]2(C(=O)Nc3ccc(F)cc32)[C@@H]2C(=O)N(Cc3ccccc3Cl)C(=O)[C@H]12. The Morgan fingerprint density at radius 1 is 1.13 bits per heavy atom. The number of imide groups is 1. The van der Waals surface area contributed by atoms with Crippen molar-refractivity contribution in [2.75, 3.05) is 5.32 Å². The van der Waals surface area contributed by atoms with Crippen molar-refractivity contribution in [2.24, 2.45) is 17.8 Å². The highest BCUT2D eigenvalue weighted by molar-refractivity contribution is 6.31. The Kier molecular flexibility index (Phi) is 4.46. The van der Waals surface area contributed by atoms with Gasteiger partial charge in [0.05, 0.1) is 18.4 Å². The average Bonchev–Trinajstić information content (AvgIpc) is 3.31. The van der Waals surface area contributed by atoms with Crippen LogP contribution in [0.3, 0.4) is 0 Å². The molecular formula is C23H21ClFN3O3. The fourth-order valence-corrected chi connectivity index (χ4v) is 5.49. The highest BCUT2D eigenvalue weighted by atomic mass is 35.5. The fraction of sp³-hybridized carbons (Fsp3) is 0.348. The van der Waals surface area contributed by atoms with E-state index in [0.29, 0.717) is 21.8 Å². The highest BCUT2D eigenvalue weighted by Gasteiger charge is 2.70. The van der Waals surface area contributed by atoms with E-state index in [-0.39, 0.29) is 18.4 Å². The van der Waals surface area contributed by atoms with E-state index in [9.17, 15) is 18.8 Å². The first kappa shape index (κ1) is 20.2. The van der Waals surface area contributed by atoms with Crippen LogP contribution >= 0.6 is 11.6 Å². The zero-order valence-electron chi connectivity index (χ0n) is 17.0. The molecule has 0 unspecified atom stereocenters. The lowest BCUT2D eigenvalue weighted by Gasteiger charge is -2.30. The van der Waals surface area contributed by atoms with Crippen molar-refractivity contribution in [2.45, 2.75) is 32.0 Å². The Balaban J connectivity index is 1.63. The monoisotopic (exact) mass is 441 g/mol. The molecule has 2 aromatic rings. The number of rotatable bonds is 3. The molecule has 3 heterocycles. The molecule has 3 amide bonds. The van der Waals surface area contributed by atoms with E-state index in [0.717, 1.165) is 0 Å². The van der Waals surface area contributed by atoms with Gasteiger partial charge in [-0.25, -0.2) is 4.39 Å². The number of amides is 3. The molecular weight excluding hydrogens is 421 g/mol. The van der Waals surface area contributed by atoms with Gasteiger partial charge in [-0.1, -0.05) is 43.6 Å². The third-order valence-corrected chi connectivity index (χ3v) is 7.08. The number of hydrogen-bond acceptors (Lipinski definition) is 4. The normalized spacial score (nSPS) is 29.1. The lowest BCUT2D eigenvalue weighted by molar-refractivity contribution is -0.143. The van der Waals surface area contributed by atoms with Crippen LogP contribution in [0.1, 0.15) is 25.0 Å². The van der Waals surface area contributed by atoms with Gasteiger partial charge in [-0.3, -0.25) is 24.6 Å². The number of halogens is 2. The van der Waals surface area contributed by atoms with Gasteiger partial charge in [-0.05, 0) is 35.7 Å². The molecule has 2 fully saturated rings. The topological polar surface area (TPSA) is 78.5 Å². The summed E-state index contributed by atoms with van der Waals surface area (Å²) in [5.74, 6) is -3.45. The minimum absolute atomic E-state index is 0.0306. The number of anilines is 1. The molecule has 160 valence electrons. The zero-order chi connectivity index (χ0) is 22.1. The lowest BCUT2D eigenvalue weighted by Crippen LogP contribution is -2.53. The van der Waals surface area contributed by atoms with Crippen molar-refractivity contribution in [3.63, 3.8) is 0 Å². The second kappa shape index (κ2) is 6.87. The van der Waals surface area contributed by atoms with Crippen molar-refractivity contribution in [1.82, 2.24) is 10.2 Å². The van der Waals surface area contributed by atoms with Crippen LogP contribution in [0, 0.1) is 23.6 Å². The lowest BCUT2D eigenvalue weighted by atomic mass is 9.76. The van der Waals surface area contributed by atoms with Gasteiger partial charge in [-0.2, -0.15) is 0 Å². The van der Waals surface area contributed by atoms with Crippen LogP contribution in [-0.4, -0.2) is 28.7 Å². The van der Waals surface area contributed by atoms with Gasteiger partial charge in [0.1, 0.15) is 11.4 Å². The van der Waals surface area contributed by atoms with Gasteiger partial charge in [0.25, 0.3) is 0 Å². The molecule has 3 aliphatic rings. The van der Waals surface area contributed by atoms with E-state index in [1.807, 2.05) is 13.8 Å². The number of benzene rings is 2. The molecule has 0 radical (unpaired) electrons. The van der Waals surface area contributed by atoms with E-state index in [1.54, 1.807) is 24.3 Å². The van der Waals surface area contributed by atoms with Crippen molar-refractivity contribution in [3.05, 3.63) is 64.4 Å². The maximum Gasteiger partial charge on any atom is 0.250 e. The summed E-state index contributed by atoms with van der Waals surface area (Å²) in [6, 6.07) is 10.6. The van der Waals surface area contributed by atoms with Gasteiger partial charge < -0.3 is 5.32 Å². The number of nitrogens with one attached hydrogen (secondary N) is 2. The Labute approximate surface area is 183 Å². The first-order valence-electron chi connectivity index (χ1n) is 10.2. The van der Waals surface area contributed by atoms with E-state index in [1.165, 1.54) is 23.1 Å². The largest absolute Gasteiger partial charge is 0.324 e. The van der Waals surface area contributed by atoms with Crippen molar-refractivity contribution >= 4 is 35.0 Å². The van der Waals surface area contributed by atoms with Gasteiger partial charge in [0, 0.05) is 22.3 Å². The Morgan fingerprint density at radius 3 is 2.58 bits per heavy atom. The summed E-state index contributed by atoms with van der Waals surface area (Å²) in [7, 11) is 0. The third-order valence-electron chi connectivity index (χ3n) is 6.71. The van der Waals surface area contributed by atoms with Crippen LogP contribution in [0.25, 0.3) is 0 Å². The number of carbonyl (C=O) groups is 3. The van der Waals surface area contributed by atoms with Gasteiger partial charge in [0.2, 0.25) is 17.7 Å². The quantitative estimate of drug-likeness (QED) is 0.717. The molecule has 2 aromatic carbocycles. The maximum atomic E-state index is 14.2. The third kappa shape index (κ3) is 2.69. The average molecular weight is 442 g/mol. The summed E-state index contributed by atoms with van der Waals surface area (Å²) in [6.45, 7) is 3.89. The van der Waals surface area contributed by atoms with E-state index in [4.69, 9.17) is 11.6 Å². The molecule has 2 N–H and O–H groups in total. The first-order valence-corrected chi connectivity index (χ1v) is 10.6. The fourth-order valence-electron chi connectivity index (χ4n) is 5.29. The summed E-state index contributed by atoms with van der Waals surface area (Å²) in [5.41, 5.74) is -0.0153. The van der Waals surface area contributed by atoms with Crippen molar-refractivity contribution in [1.29, 1.82) is 0 Å². The molecule has 3 aliphatic heterocycles.